The van der Waals surface area contributed by atoms with E-state index in [1.165, 1.54) is 6.08 Å². The lowest BCUT2D eigenvalue weighted by Gasteiger charge is -2.22. The third-order valence-electron chi connectivity index (χ3n) is 2.01. The molecular weight excluding hydrogens is 182 g/mol. The second-order valence-electron chi connectivity index (χ2n) is 3.30. The summed E-state index contributed by atoms with van der Waals surface area (Å²) in [6.07, 6.45) is 1.15. The van der Waals surface area contributed by atoms with Crippen molar-refractivity contribution in [2.45, 2.75) is 20.0 Å². The van der Waals surface area contributed by atoms with E-state index in [2.05, 4.69) is 0 Å². The van der Waals surface area contributed by atoms with Gasteiger partial charge < -0.3 is 0 Å². The normalized spacial score (nSPS) is 30.2. The first-order valence-corrected chi connectivity index (χ1v) is 4.29. The van der Waals surface area contributed by atoms with Gasteiger partial charge in [0.15, 0.2) is 0 Å². The molecule has 0 saturated carbocycles. The van der Waals surface area contributed by atoms with Crippen LogP contribution in [0.1, 0.15) is 13.8 Å². The Balaban J connectivity index is 2.84. The first-order valence-electron chi connectivity index (χ1n) is 3.91. The van der Waals surface area contributed by atoms with E-state index in [0.717, 1.165) is 6.08 Å². The summed E-state index contributed by atoms with van der Waals surface area (Å²) < 4.78 is 25.8. The molecule has 3 heteroatoms. The Labute approximate surface area is 75.9 Å². The SMILES string of the molecule is CC(C)C1C=C(Cl)C(F)=CC1F. The Hall–Kier alpha value is -0.370. The van der Waals surface area contributed by atoms with Gasteiger partial charge in [-0.05, 0) is 12.0 Å². The smallest absolute Gasteiger partial charge is 0.140 e. The molecule has 0 amide bonds. The highest BCUT2D eigenvalue weighted by molar-refractivity contribution is 6.31. The maximum atomic E-state index is 13.1. The zero-order chi connectivity index (χ0) is 9.30. The molecule has 0 fully saturated rings. The molecule has 0 heterocycles. The average Bonchev–Trinajstić information content (AvgIpc) is 1.96. The molecule has 0 bridgehead atoms. The Bertz CT molecular complexity index is 231. The number of allylic oxidation sites excluding steroid dienone is 4. The molecule has 2 atom stereocenters. The zero-order valence-electron chi connectivity index (χ0n) is 7.02. The van der Waals surface area contributed by atoms with E-state index in [0.29, 0.717) is 0 Å². The van der Waals surface area contributed by atoms with Crippen molar-refractivity contribution < 1.29 is 8.78 Å². The Kier molecular flexibility index (Phi) is 2.89. The Morgan fingerprint density at radius 1 is 1.42 bits per heavy atom. The molecular formula is C9H11ClF2. The lowest BCUT2D eigenvalue weighted by Crippen LogP contribution is -2.20. The molecule has 0 aliphatic heterocycles. The fourth-order valence-corrected chi connectivity index (χ4v) is 1.44. The standard InChI is InChI=1S/C9H11ClF2/c1-5(2)6-3-7(10)9(12)4-8(6)11/h3-6,8H,1-2H3. The van der Waals surface area contributed by atoms with Gasteiger partial charge in [0.2, 0.25) is 0 Å². The minimum atomic E-state index is -1.24. The Morgan fingerprint density at radius 3 is 2.50 bits per heavy atom. The van der Waals surface area contributed by atoms with Crippen LogP contribution in [0.15, 0.2) is 23.0 Å². The van der Waals surface area contributed by atoms with Crippen LogP contribution in [-0.2, 0) is 0 Å². The van der Waals surface area contributed by atoms with Gasteiger partial charge in [-0.15, -0.1) is 0 Å². The molecule has 12 heavy (non-hydrogen) atoms. The summed E-state index contributed by atoms with van der Waals surface area (Å²) >= 11 is 5.52. The van der Waals surface area contributed by atoms with Crippen molar-refractivity contribution >= 4 is 11.6 Å². The van der Waals surface area contributed by atoms with Gasteiger partial charge in [0.25, 0.3) is 0 Å². The van der Waals surface area contributed by atoms with Crippen LogP contribution in [-0.4, -0.2) is 6.17 Å². The van der Waals surface area contributed by atoms with Gasteiger partial charge in [-0.1, -0.05) is 31.5 Å². The van der Waals surface area contributed by atoms with Crippen molar-refractivity contribution in [2.75, 3.05) is 0 Å². The van der Waals surface area contributed by atoms with E-state index in [4.69, 9.17) is 11.6 Å². The number of hydrogen-bond donors (Lipinski definition) is 0. The minimum Gasteiger partial charge on any atom is -0.242 e. The number of rotatable bonds is 1. The summed E-state index contributed by atoms with van der Waals surface area (Å²) in [7, 11) is 0. The minimum absolute atomic E-state index is 0.0302. The maximum absolute atomic E-state index is 13.1. The maximum Gasteiger partial charge on any atom is 0.140 e. The van der Waals surface area contributed by atoms with Crippen LogP contribution in [0.4, 0.5) is 8.78 Å². The van der Waals surface area contributed by atoms with Gasteiger partial charge in [0.05, 0.1) is 5.03 Å². The molecule has 0 aromatic rings. The number of alkyl halides is 1. The van der Waals surface area contributed by atoms with Crippen LogP contribution in [0, 0.1) is 11.8 Å². The fourth-order valence-electron chi connectivity index (χ4n) is 1.23. The van der Waals surface area contributed by atoms with Crippen LogP contribution in [0.5, 0.6) is 0 Å². The first kappa shape index (κ1) is 9.72. The summed E-state index contributed by atoms with van der Waals surface area (Å²) in [5.74, 6) is -0.809. The van der Waals surface area contributed by atoms with Crippen molar-refractivity contribution in [3.63, 3.8) is 0 Å². The average molecular weight is 193 g/mol. The molecule has 0 N–H and O–H groups in total. The van der Waals surface area contributed by atoms with Gasteiger partial charge in [0.1, 0.15) is 12.0 Å². The lowest BCUT2D eigenvalue weighted by atomic mass is 9.88. The van der Waals surface area contributed by atoms with Gasteiger partial charge in [-0.2, -0.15) is 0 Å². The predicted molar refractivity (Wildman–Crippen MR) is 46.4 cm³/mol. The van der Waals surface area contributed by atoms with Crippen LogP contribution < -0.4 is 0 Å². The van der Waals surface area contributed by atoms with E-state index in [-0.39, 0.29) is 16.9 Å². The van der Waals surface area contributed by atoms with Crippen molar-refractivity contribution in [1.82, 2.24) is 0 Å². The summed E-state index contributed by atoms with van der Waals surface area (Å²) in [4.78, 5) is 0. The molecule has 2 unspecified atom stereocenters. The zero-order valence-corrected chi connectivity index (χ0v) is 7.78. The first-order chi connectivity index (χ1) is 5.52. The lowest BCUT2D eigenvalue weighted by molar-refractivity contribution is 0.260. The summed E-state index contributed by atoms with van der Waals surface area (Å²) in [5, 5.41) is 0.0302. The van der Waals surface area contributed by atoms with E-state index in [1.807, 2.05) is 13.8 Å². The van der Waals surface area contributed by atoms with Crippen LogP contribution in [0.3, 0.4) is 0 Å². The van der Waals surface area contributed by atoms with E-state index >= 15 is 0 Å². The Morgan fingerprint density at radius 2 is 2.00 bits per heavy atom. The molecule has 1 aliphatic rings. The third-order valence-corrected chi connectivity index (χ3v) is 2.32. The van der Waals surface area contributed by atoms with E-state index in [9.17, 15) is 8.78 Å². The molecule has 0 aromatic carbocycles. The van der Waals surface area contributed by atoms with Gasteiger partial charge in [-0.3, -0.25) is 0 Å². The van der Waals surface area contributed by atoms with Crippen molar-refractivity contribution in [3.8, 4) is 0 Å². The second-order valence-corrected chi connectivity index (χ2v) is 3.70. The quantitative estimate of drug-likeness (QED) is 0.596. The molecule has 1 rings (SSSR count). The molecule has 0 saturated heterocycles. The van der Waals surface area contributed by atoms with Crippen LogP contribution >= 0.6 is 11.6 Å². The second kappa shape index (κ2) is 3.56. The molecule has 0 aromatic heterocycles. The van der Waals surface area contributed by atoms with E-state index in [1.54, 1.807) is 0 Å². The van der Waals surface area contributed by atoms with Crippen molar-refractivity contribution in [1.29, 1.82) is 0 Å². The summed E-state index contributed by atoms with van der Waals surface area (Å²) in [5.41, 5.74) is 0. The highest BCUT2D eigenvalue weighted by atomic mass is 35.5. The molecule has 0 nitrogen and oxygen atoms in total. The topological polar surface area (TPSA) is 0 Å². The third kappa shape index (κ3) is 1.86. The summed E-state index contributed by atoms with van der Waals surface area (Å²) in [6, 6.07) is 0. The largest absolute Gasteiger partial charge is 0.242 e. The van der Waals surface area contributed by atoms with E-state index < -0.39 is 12.0 Å². The van der Waals surface area contributed by atoms with Gasteiger partial charge in [-0.25, -0.2) is 8.78 Å². The van der Waals surface area contributed by atoms with Crippen LogP contribution in [0.2, 0.25) is 0 Å². The summed E-state index contributed by atoms with van der Waals surface area (Å²) in [6.45, 7) is 3.77. The van der Waals surface area contributed by atoms with Crippen molar-refractivity contribution in [2.24, 2.45) is 11.8 Å². The van der Waals surface area contributed by atoms with Gasteiger partial charge in [0, 0.05) is 5.92 Å². The van der Waals surface area contributed by atoms with Crippen molar-refractivity contribution in [3.05, 3.63) is 23.0 Å². The molecule has 0 radical (unpaired) electrons. The predicted octanol–water partition coefficient (Wildman–Crippen LogP) is 3.59. The van der Waals surface area contributed by atoms with Gasteiger partial charge >= 0.3 is 0 Å². The molecule has 1 aliphatic carbocycles. The fraction of sp³-hybridized carbons (Fsp3) is 0.556. The monoisotopic (exact) mass is 192 g/mol. The highest BCUT2D eigenvalue weighted by Gasteiger charge is 2.26. The number of hydrogen-bond acceptors (Lipinski definition) is 0. The van der Waals surface area contributed by atoms with Crippen LogP contribution in [0.25, 0.3) is 0 Å². The molecule has 0 spiro atoms. The highest BCUT2D eigenvalue weighted by Crippen LogP contribution is 2.32. The molecule has 68 valence electrons. The number of halogens is 3.